The van der Waals surface area contributed by atoms with Crippen LogP contribution in [0.2, 0.25) is 0 Å². The Morgan fingerprint density at radius 3 is 2.62 bits per heavy atom. The fraction of sp³-hybridized carbons (Fsp3) is 0.625. The first kappa shape index (κ1) is 18.4. The fourth-order valence-corrected chi connectivity index (χ4v) is 4.30. The monoisotopic (exact) mass is 326 g/mol. The van der Waals surface area contributed by atoms with Gasteiger partial charge in [-0.05, 0) is 57.1 Å². The van der Waals surface area contributed by atoms with E-state index >= 15 is 0 Å². The Kier molecular flexibility index (Phi) is 8.19. The minimum Gasteiger partial charge on any atom is -0.346 e. The summed E-state index contributed by atoms with van der Waals surface area (Å²) in [5.74, 6) is 0.250. The number of hydrogen-bond acceptors (Lipinski definition) is 4. The van der Waals surface area contributed by atoms with Gasteiger partial charge in [-0.1, -0.05) is 21.6 Å². The van der Waals surface area contributed by atoms with Crippen LogP contribution in [-0.4, -0.2) is 40.4 Å². The van der Waals surface area contributed by atoms with E-state index in [2.05, 4.69) is 25.1 Å². The van der Waals surface area contributed by atoms with E-state index in [1.54, 1.807) is 10.8 Å². The van der Waals surface area contributed by atoms with Gasteiger partial charge < -0.3 is 4.90 Å². The van der Waals surface area contributed by atoms with E-state index < -0.39 is 0 Å². The molecule has 0 aliphatic heterocycles. The smallest absolute Gasteiger partial charge is 0.222 e. The van der Waals surface area contributed by atoms with Crippen LogP contribution >= 0.6 is 21.6 Å². The second-order valence-corrected chi connectivity index (χ2v) is 8.89. The zero-order valence-electron chi connectivity index (χ0n) is 13.5. The summed E-state index contributed by atoms with van der Waals surface area (Å²) < 4.78 is 0.160. The maximum Gasteiger partial charge on any atom is 0.222 e. The molecule has 0 aliphatic rings. The Morgan fingerprint density at radius 2 is 2.00 bits per heavy atom. The Hall–Kier alpha value is -0.680. The second kappa shape index (κ2) is 9.36. The van der Waals surface area contributed by atoms with E-state index in [0.29, 0.717) is 6.42 Å². The number of aryl methyl sites for hydroxylation is 1. The van der Waals surface area contributed by atoms with Crippen molar-refractivity contribution in [1.82, 2.24) is 9.88 Å². The Morgan fingerprint density at radius 1 is 1.33 bits per heavy atom. The van der Waals surface area contributed by atoms with Gasteiger partial charge in [0.25, 0.3) is 0 Å². The van der Waals surface area contributed by atoms with Gasteiger partial charge in [0.05, 0.1) is 0 Å². The quantitative estimate of drug-likeness (QED) is 0.641. The molecule has 0 saturated heterocycles. The second-order valence-electron chi connectivity index (χ2n) is 5.78. The number of carbonyl (C=O) groups excluding carboxylic acids is 1. The molecule has 0 saturated carbocycles. The van der Waals surface area contributed by atoms with E-state index in [1.165, 1.54) is 5.56 Å². The number of aromatic nitrogens is 1. The first-order valence-electron chi connectivity index (χ1n) is 7.29. The molecular weight excluding hydrogens is 300 g/mol. The summed E-state index contributed by atoms with van der Waals surface area (Å²) >= 11 is 0. The summed E-state index contributed by atoms with van der Waals surface area (Å²) in [5.41, 5.74) is 1.28. The Labute approximate surface area is 136 Å². The SMILES string of the molecule is CSSC(C)(C)CCC(=O)N(C)CCCc1ccncc1. The number of pyridine rings is 1. The average Bonchev–Trinajstić information content (AvgIpc) is 2.46. The number of hydrogen-bond donors (Lipinski definition) is 0. The molecule has 0 unspecified atom stereocenters. The van der Waals surface area contributed by atoms with E-state index in [1.807, 2.05) is 47.3 Å². The molecule has 118 valence electrons. The van der Waals surface area contributed by atoms with Gasteiger partial charge in [-0.15, -0.1) is 0 Å². The molecule has 1 rings (SSSR count). The molecule has 0 fully saturated rings. The standard InChI is InChI=1S/C16H26N2OS2/c1-16(2,21-20-4)10-7-15(19)18(3)13-5-6-14-8-11-17-12-9-14/h8-9,11-12H,5-7,10,13H2,1-4H3. The van der Waals surface area contributed by atoms with Crippen LogP contribution in [0.4, 0.5) is 0 Å². The lowest BCUT2D eigenvalue weighted by molar-refractivity contribution is -0.130. The molecule has 0 aromatic carbocycles. The number of rotatable bonds is 9. The zero-order valence-corrected chi connectivity index (χ0v) is 15.1. The van der Waals surface area contributed by atoms with Crippen molar-refractivity contribution in [3.63, 3.8) is 0 Å². The van der Waals surface area contributed by atoms with Crippen LogP contribution in [0.1, 0.15) is 38.7 Å². The molecule has 1 aromatic rings. The lowest BCUT2D eigenvalue weighted by Gasteiger charge is -2.24. The fourth-order valence-electron chi connectivity index (χ4n) is 2.06. The molecule has 0 radical (unpaired) electrons. The van der Waals surface area contributed by atoms with Crippen molar-refractivity contribution in [3.8, 4) is 0 Å². The first-order chi connectivity index (χ1) is 9.94. The number of amides is 1. The van der Waals surface area contributed by atoms with Crippen molar-refractivity contribution >= 4 is 27.5 Å². The molecular formula is C16H26N2OS2. The zero-order chi connectivity index (χ0) is 15.7. The summed E-state index contributed by atoms with van der Waals surface area (Å²) in [6.07, 6.45) is 9.26. The maximum atomic E-state index is 12.1. The third-order valence-corrected chi connectivity index (χ3v) is 6.06. The highest BCUT2D eigenvalue weighted by molar-refractivity contribution is 8.76. The third-order valence-electron chi connectivity index (χ3n) is 3.38. The highest BCUT2D eigenvalue weighted by Crippen LogP contribution is 2.37. The van der Waals surface area contributed by atoms with Crippen molar-refractivity contribution in [2.24, 2.45) is 0 Å². The van der Waals surface area contributed by atoms with Crippen molar-refractivity contribution < 1.29 is 4.79 Å². The van der Waals surface area contributed by atoms with Crippen LogP contribution in [0.25, 0.3) is 0 Å². The van der Waals surface area contributed by atoms with Crippen LogP contribution in [0, 0.1) is 0 Å². The van der Waals surface area contributed by atoms with Crippen LogP contribution in [-0.2, 0) is 11.2 Å². The van der Waals surface area contributed by atoms with Gasteiger partial charge in [0.2, 0.25) is 5.91 Å². The van der Waals surface area contributed by atoms with Gasteiger partial charge in [-0.3, -0.25) is 9.78 Å². The summed E-state index contributed by atoms with van der Waals surface area (Å²) in [7, 11) is 5.52. The molecule has 0 N–H and O–H groups in total. The lowest BCUT2D eigenvalue weighted by Crippen LogP contribution is -2.29. The average molecular weight is 327 g/mol. The van der Waals surface area contributed by atoms with Crippen LogP contribution in [0.5, 0.6) is 0 Å². The predicted octanol–water partition coefficient (Wildman–Crippen LogP) is 4.04. The van der Waals surface area contributed by atoms with E-state index in [9.17, 15) is 4.79 Å². The van der Waals surface area contributed by atoms with E-state index in [-0.39, 0.29) is 10.7 Å². The molecule has 5 heteroatoms. The van der Waals surface area contributed by atoms with Crippen LogP contribution < -0.4 is 0 Å². The van der Waals surface area contributed by atoms with Crippen molar-refractivity contribution in [2.45, 2.75) is 44.3 Å². The Bertz CT molecular complexity index is 424. The first-order valence-corrected chi connectivity index (χ1v) is 9.85. The summed E-state index contributed by atoms with van der Waals surface area (Å²) in [6.45, 7) is 5.22. The van der Waals surface area contributed by atoms with E-state index in [0.717, 1.165) is 25.8 Å². The van der Waals surface area contributed by atoms with Crippen molar-refractivity contribution in [3.05, 3.63) is 30.1 Å². The van der Waals surface area contributed by atoms with Crippen molar-refractivity contribution in [1.29, 1.82) is 0 Å². The topological polar surface area (TPSA) is 33.2 Å². The molecule has 0 bridgehead atoms. The van der Waals surface area contributed by atoms with E-state index in [4.69, 9.17) is 0 Å². The summed E-state index contributed by atoms with van der Waals surface area (Å²) in [5, 5.41) is 0. The molecule has 21 heavy (non-hydrogen) atoms. The van der Waals surface area contributed by atoms with Gasteiger partial charge in [0, 0.05) is 37.2 Å². The van der Waals surface area contributed by atoms with Crippen LogP contribution in [0.15, 0.2) is 24.5 Å². The Balaban J connectivity index is 2.25. The van der Waals surface area contributed by atoms with Gasteiger partial charge >= 0.3 is 0 Å². The minimum atomic E-state index is 0.160. The third kappa shape index (κ3) is 7.77. The molecule has 0 aliphatic carbocycles. The molecule has 1 amide bonds. The maximum absolute atomic E-state index is 12.1. The normalized spacial score (nSPS) is 11.4. The van der Waals surface area contributed by atoms with Gasteiger partial charge in [0.15, 0.2) is 0 Å². The summed E-state index contributed by atoms with van der Waals surface area (Å²) in [4.78, 5) is 18.0. The minimum absolute atomic E-state index is 0.160. The molecule has 0 atom stereocenters. The van der Waals surface area contributed by atoms with Gasteiger partial charge in [0.1, 0.15) is 0 Å². The van der Waals surface area contributed by atoms with Gasteiger partial charge in [-0.25, -0.2) is 0 Å². The lowest BCUT2D eigenvalue weighted by atomic mass is 10.1. The molecule has 0 spiro atoms. The van der Waals surface area contributed by atoms with Gasteiger partial charge in [-0.2, -0.15) is 0 Å². The largest absolute Gasteiger partial charge is 0.346 e. The van der Waals surface area contributed by atoms with Crippen LogP contribution in [0.3, 0.4) is 0 Å². The number of carbonyl (C=O) groups is 1. The predicted molar refractivity (Wildman–Crippen MR) is 94.6 cm³/mol. The summed E-state index contributed by atoms with van der Waals surface area (Å²) in [6, 6.07) is 4.06. The highest BCUT2D eigenvalue weighted by atomic mass is 33.1. The van der Waals surface area contributed by atoms with Crippen molar-refractivity contribution in [2.75, 3.05) is 19.8 Å². The number of nitrogens with zero attached hydrogens (tertiary/aromatic N) is 2. The molecule has 1 aromatic heterocycles. The highest BCUT2D eigenvalue weighted by Gasteiger charge is 2.20. The molecule has 1 heterocycles. The molecule has 3 nitrogen and oxygen atoms in total.